The molecule has 0 fully saturated rings. The number of benzene rings is 7. The van der Waals surface area contributed by atoms with E-state index in [4.69, 9.17) is 18.9 Å². The number of hydrogen-bond acceptors (Lipinski definition) is 22. The quantitative estimate of drug-likeness (QED) is 0.0485. The number of carbonyl (C=O) groups is 2. The van der Waals surface area contributed by atoms with E-state index < -0.39 is 158 Å². The van der Waals surface area contributed by atoms with E-state index in [9.17, 15) is 81.1 Å². The minimum absolute atomic E-state index is 0.0119. The lowest BCUT2D eigenvalue weighted by molar-refractivity contribution is -0.0196. The summed E-state index contributed by atoms with van der Waals surface area (Å²) in [4.78, 5) is 37.2. The number of hydrogen-bond donors (Lipinski definition) is 14. The van der Waals surface area contributed by atoms with Crippen LogP contribution in [-0.4, -0.2) is 106 Å². The van der Waals surface area contributed by atoms with Gasteiger partial charge in [-0.25, -0.2) is 19.6 Å². The molecular weight excluding hydrogens is 949 g/mol. The molecule has 0 aliphatic carbocycles. The predicted octanol–water partition coefficient (Wildman–Crippen LogP) is 6.13. The number of nitrogens with zero attached hydrogens (tertiary/aromatic N) is 2. The van der Waals surface area contributed by atoms with Gasteiger partial charge in [0.05, 0.1) is 27.7 Å². The van der Waals surface area contributed by atoms with Crippen LogP contribution in [0.25, 0.3) is 33.2 Å². The number of aromatic hydroxyl groups is 14. The molecule has 7 aromatic carbocycles. The number of phenols is 14. The molecule has 10 rings (SSSR count). The van der Waals surface area contributed by atoms with E-state index in [1.807, 2.05) is 0 Å². The van der Waals surface area contributed by atoms with Crippen molar-refractivity contribution in [2.24, 2.45) is 0 Å². The molecule has 4 atom stereocenters. The number of para-hydroxylation sites is 2. The van der Waals surface area contributed by atoms with E-state index >= 15 is 0 Å². The summed E-state index contributed by atoms with van der Waals surface area (Å²) < 4.78 is 24.6. The van der Waals surface area contributed by atoms with Gasteiger partial charge in [0.25, 0.3) is 0 Å². The first-order chi connectivity index (χ1) is 34.3. The monoisotopic (exact) mass is 984 g/mol. The zero-order chi connectivity index (χ0) is 51.2. The second-order valence-electron chi connectivity index (χ2n) is 16.8. The Kier molecular flexibility index (Phi) is 10.7. The highest BCUT2D eigenvalue weighted by molar-refractivity contribution is 5.99. The Balaban J connectivity index is 1.23. The van der Waals surface area contributed by atoms with Gasteiger partial charge >= 0.3 is 11.9 Å². The van der Waals surface area contributed by atoms with Gasteiger partial charge in [-0.05, 0) is 48.5 Å². The van der Waals surface area contributed by atoms with Crippen LogP contribution in [0.3, 0.4) is 0 Å². The van der Waals surface area contributed by atoms with Gasteiger partial charge in [0.2, 0.25) is 5.75 Å². The van der Waals surface area contributed by atoms with Crippen LogP contribution in [0.5, 0.6) is 92.0 Å². The van der Waals surface area contributed by atoms with Crippen molar-refractivity contribution in [2.75, 3.05) is 0 Å². The zero-order valence-electron chi connectivity index (χ0n) is 36.4. The molecule has 8 aromatic rings. The van der Waals surface area contributed by atoms with Gasteiger partial charge < -0.3 is 90.4 Å². The summed E-state index contributed by atoms with van der Waals surface area (Å²) >= 11 is 0. The third-order valence-corrected chi connectivity index (χ3v) is 12.2. The lowest BCUT2D eigenvalue weighted by Crippen LogP contribution is -2.36. The fourth-order valence-corrected chi connectivity index (χ4v) is 8.89. The van der Waals surface area contributed by atoms with E-state index in [2.05, 4.69) is 9.97 Å². The summed E-state index contributed by atoms with van der Waals surface area (Å²) in [6.07, 6.45) is -7.75. The van der Waals surface area contributed by atoms with E-state index in [0.29, 0.717) is 5.52 Å². The molecule has 0 unspecified atom stereocenters. The van der Waals surface area contributed by atoms with Gasteiger partial charge in [-0.1, -0.05) is 12.1 Å². The van der Waals surface area contributed by atoms with Crippen molar-refractivity contribution < 1.29 is 100 Å². The molecule has 1 aromatic heterocycles. The highest BCUT2D eigenvalue weighted by Gasteiger charge is 2.44. The molecule has 366 valence electrons. The van der Waals surface area contributed by atoms with Gasteiger partial charge in [-0.3, -0.25) is 0 Å². The largest absolute Gasteiger partial charge is 0.508 e. The summed E-state index contributed by atoms with van der Waals surface area (Å²) in [6.45, 7) is 0. The predicted molar refractivity (Wildman–Crippen MR) is 244 cm³/mol. The molecule has 72 heavy (non-hydrogen) atoms. The summed E-state index contributed by atoms with van der Waals surface area (Å²) in [5.74, 6) is -14.7. The van der Waals surface area contributed by atoms with Crippen LogP contribution in [0.4, 0.5) is 0 Å². The second-order valence-corrected chi connectivity index (χ2v) is 16.8. The normalized spacial score (nSPS) is 17.1. The number of rotatable bonds is 7. The van der Waals surface area contributed by atoms with Gasteiger partial charge in [0.1, 0.15) is 52.2 Å². The van der Waals surface area contributed by atoms with Crippen LogP contribution >= 0.6 is 0 Å². The highest BCUT2D eigenvalue weighted by atomic mass is 16.6. The van der Waals surface area contributed by atoms with Crippen LogP contribution in [-0.2, 0) is 22.3 Å². The maximum Gasteiger partial charge on any atom is 0.338 e. The summed E-state index contributed by atoms with van der Waals surface area (Å²) in [5, 5.41) is 152. The maximum absolute atomic E-state index is 14.0. The fourth-order valence-electron chi connectivity index (χ4n) is 8.89. The van der Waals surface area contributed by atoms with Crippen molar-refractivity contribution in [1.29, 1.82) is 0 Å². The molecule has 3 heterocycles. The SMILES string of the molecule is O=C(O[C@@H]1Cc2c(O)cc(O)cc2O[C@@H]1c1cc(O)c(O)c(O)c1-c1c([C@H]2Oc3cc(O)cc(O)c3C[C@H]2OC(=O)c2cc(O)c(O)c(O)c2)cc2nc3ccccc3nc2c1O)c1cc(O)c(O)c(O)c1. The number of carbonyl (C=O) groups excluding carboxylic acids is 2. The molecule has 22 nitrogen and oxygen atoms in total. The Morgan fingerprint density at radius 1 is 0.444 bits per heavy atom. The molecule has 2 aliphatic heterocycles. The van der Waals surface area contributed by atoms with Crippen molar-refractivity contribution in [3.8, 4) is 103 Å². The van der Waals surface area contributed by atoms with Crippen LogP contribution in [0.15, 0.2) is 84.9 Å². The topological polar surface area (TPSA) is 380 Å². The lowest BCUT2D eigenvalue weighted by Gasteiger charge is -2.37. The Morgan fingerprint density at radius 3 is 1.33 bits per heavy atom. The molecule has 0 amide bonds. The van der Waals surface area contributed by atoms with Gasteiger partial charge in [-0.2, -0.15) is 0 Å². The summed E-state index contributed by atoms with van der Waals surface area (Å²) in [6, 6.07) is 15.9. The molecule has 0 saturated heterocycles. The first-order valence-electron chi connectivity index (χ1n) is 21.3. The number of aromatic nitrogens is 2. The number of phenolic OH excluding ortho intramolecular Hbond substituents is 14. The molecule has 0 bridgehead atoms. The van der Waals surface area contributed by atoms with E-state index in [1.54, 1.807) is 24.3 Å². The average Bonchev–Trinajstić information content (AvgIpc) is 3.33. The Hall–Kier alpha value is -10.1. The number of fused-ring (bicyclic) bond motifs is 4. The highest BCUT2D eigenvalue weighted by Crippen LogP contribution is 2.56. The molecule has 14 N–H and O–H groups in total. The van der Waals surface area contributed by atoms with Crippen LogP contribution in [0, 0.1) is 0 Å². The van der Waals surface area contributed by atoms with Gasteiger partial charge in [0, 0.05) is 70.5 Å². The smallest absolute Gasteiger partial charge is 0.338 e. The Labute approximate surface area is 401 Å². The molecule has 0 radical (unpaired) electrons. The summed E-state index contributed by atoms with van der Waals surface area (Å²) in [5.41, 5.74) is -2.58. The molecule has 0 saturated carbocycles. The number of ether oxygens (including phenoxy) is 4. The lowest BCUT2D eigenvalue weighted by atomic mass is 9.83. The molecule has 22 heteroatoms. The minimum atomic E-state index is -1.80. The second kappa shape index (κ2) is 16.8. The standard InChI is InChI=1S/C50H36N2O20/c53-19-9-28(55)21-15-37(71-49(67)17-5-30(57)42(62)31(58)6-17)47(69-35(21)11-19)23-13-27-41(52-26-4-2-1-3-25(26)51-27)45(65)39(23)40-24(14-34(61)44(64)46(40)66)48-38(16-22-29(56)10-20(54)12-36(22)70-48)72-50(68)18-7-32(59)43(63)33(60)8-18/h1-14,37-38,47-48,53-66H,15-16H2/t37-,38-,47-,48-/m1/s1. The van der Waals surface area contributed by atoms with Crippen molar-refractivity contribution in [3.05, 3.63) is 118 Å². The maximum atomic E-state index is 14.0. The molecule has 0 spiro atoms. The first-order valence-corrected chi connectivity index (χ1v) is 21.3. The van der Waals surface area contributed by atoms with Crippen molar-refractivity contribution >= 4 is 34.0 Å². The Morgan fingerprint density at radius 2 is 0.861 bits per heavy atom. The zero-order valence-corrected chi connectivity index (χ0v) is 36.4. The van der Waals surface area contributed by atoms with E-state index in [-0.39, 0.29) is 44.7 Å². The van der Waals surface area contributed by atoms with E-state index in [0.717, 1.165) is 54.6 Å². The summed E-state index contributed by atoms with van der Waals surface area (Å²) in [7, 11) is 0. The van der Waals surface area contributed by atoms with Crippen molar-refractivity contribution in [1.82, 2.24) is 9.97 Å². The van der Waals surface area contributed by atoms with Crippen LogP contribution in [0.2, 0.25) is 0 Å². The molecule has 2 aliphatic rings. The number of esters is 2. The van der Waals surface area contributed by atoms with Crippen molar-refractivity contribution in [3.63, 3.8) is 0 Å². The van der Waals surface area contributed by atoms with Gasteiger partial charge in [-0.15, -0.1) is 0 Å². The third kappa shape index (κ3) is 7.64. The third-order valence-electron chi connectivity index (χ3n) is 12.2. The fraction of sp³-hybridized carbons (Fsp3) is 0.120. The van der Waals surface area contributed by atoms with Crippen LogP contribution < -0.4 is 9.47 Å². The van der Waals surface area contributed by atoms with Crippen LogP contribution in [0.1, 0.15) is 55.2 Å². The van der Waals surface area contributed by atoms with Crippen molar-refractivity contribution in [2.45, 2.75) is 37.3 Å². The average molecular weight is 985 g/mol. The Bertz CT molecular complexity index is 3590. The van der Waals surface area contributed by atoms with Gasteiger partial charge in [0.15, 0.2) is 64.0 Å². The first kappa shape index (κ1) is 45.7. The van der Waals surface area contributed by atoms with E-state index in [1.165, 1.54) is 6.07 Å². The molecular formula is C50H36N2O20. The minimum Gasteiger partial charge on any atom is -0.508 e.